The number of imidazole rings is 1. The molecule has 0 fully saturated rings. The summed E-state index contributed by atoms with van der Waals surface area (Å²) in [6.07, 6.45) is 1.09. The number of carbonyl (C=O) groups is 1. The molecule has 0 aliphatic carbocycles. The average Bonchev–Trinajstić information content (AvgIpc) is 2.68. The second-order valence-electron chi connectivity index (χ2n) is 4.07. The lowest BCUT2D eigenvalue weighted by molar-refractivity contribution is -0.116. The van der Waals surface area contributed by atoms with Gasteiger partial charge in [-0.25, -0.2) is 18.1 Å². The van der Waals surface area contributed by atoms with Crippen LogP contribution < -0.4 is 10.0 Å². The van der Waals surface area contributed by atoms with Crippen molar-refractivity contribution in [3.63, 3.8) is 0 Å². The summed E-state index contributed by atoms with van der Waals surface area (Å²) in [6.45, 7) is 0.0604. The third kappa shape index (κ3) is 4.04. The Labute approximate surface area is 110 Å². The van der Waals surface area contributed by atoms with Crippen LogP contribution in [0.3, 0.4) is 0 Å². The molecule has 0 bridgehead atoms. The number of benzene rings is 1. The van der Waals surface area contributed by atoms with Gasteiger partial charge >= 0.3 is 0 Å². The van der Waals surface area contributed by atoms with E-state index in [2.05, 4.69) is 20.0 Å². The van der Waals surface area contributed by atoms with Crippen LogP contribution in [0.5, 0.6) is 0 Å². The van der Waals surface area contributed by atoms with Crippen molar-refractivity contribution in [3.05, 3.63) is 24.3 Å². The molecule has 0 aliphatic heterocycles. The number of anilines is 1. The van der Waals surface area contributed by atoms with Crippen molar-refractivity contribution < 1.29 is 13.2 Å². The first-order chi connectivity index (χ1) is 8.94. The summed E-state index contributed by atoms with van der Waals surface area (Å²) in [5, 5.41) is 2.58. The van der Waals surface area contributed by atoms with Gasteiger partial charge in [-0.1, -0.05) is 12.1 Å². The maximum atomic E-state index is 11.6. The molecule has 102 valence electrons. The fourth-order valence-corrected chi connectivity index (χ4v) is 2.03. The van der Waals surface area contributed by atoms with Crippen LogP contribution >= 0.6 is 0 Å². The van der Waals surface area contributed by atoms with Crippen molar-refractivity contribution in [2.75, 3.05) is 18.1 Å². The Balaban J connectivity index is 1.92. The number of aromatic nitrogens is 2. The lowest BCUT2D eigenvalue weighted by Crippen LogP contribution is -2.26. The molecule has 0 saturated carbocycles. The smallest absolute Gasteiger partial charge is 0.227 e. The van der Waals surface area contributed by atoms with Crippen LogP contribution in [0.2, 0.25) is 0 Å². The van der Waals surface area contributed by atoms with Crippen molar-refractivity contribution in [1.82, 2.24) is 14.7 Å². The number of fused-ring (bicyclic) bond motifs is 1. The third-order valence-electron chi connectivity index (χ3n) is 2.36. The minimum atomic E-state index is -3.27. The fraction of sp³-hybridized carbons (Fsp3) is 0.273. The second-order valence-corrected chi connectivity index (χ2v) is 5.90. The standard InChI is InChI=1S/C11H14N4O3S/c1-19(17,18)12-7-6-10(16)15-11-13-8-4-2-3-5-9(8)14-11/h2-5,12H,6-7H2,1H3,(H2,13,14,15,16). The average molecular weight is 282 g/mol. The molecule has 19 heavy (non-hydrogen) atoms. The number of amides is 1. The number of H-pyrrole nitrogens is 1. The molecule has 0 atom stereocenters. The third-order valence-corrected chi connectivity index (χ3v) is 3.09. The lowest BCUT2D eigenvalue weighted by atomic mass is 10.3. The normalized spacial score (nSPS) is 11.6. The van der Waals surface area contributed by atoms with E-state index in [0.29, 0.717) is 5.95 Å². The van der Waals surface area contributed by atoms with Gasteiger partial charge in [-0.05, 0) is 12.1 Å². The van der Waals surface area contributed by atoms with Gasteiger partial charge in [0.25, 0.3) is 0 Å². The quantitative estimate of drug-likeness (QED) is 0.740. The monoisotopic (exact) mass is 282 g/mol. The Bertz CT molecular complexity index is 660. The number of aromatic amines is 1. The van der Waals surface area contributed by atoms with E-state index in [4.69, 9.17) is 0 Å². The number of nitrogens with zero attached hydrogens (tertiary/aromatic N) is 1. The molecular formula is C11H14N4O3S. The van der Waals surface area contributed by atoms with E-state index in [1.165, 1.54) is 0 Å². The number of rotatable bonds is 5. The number of sulfonamides is 1. The summed E-state index contributed by atoms with van der Waals surface area (Å²) >= 11 is 0. The van der Waals surface area contributed by atoms with Crippen LogP contribution in [-0.4, -0.2) is 37.1 Å². The Hall–Kier alpha value is -1.93. The van der Waals surface area contributed by atoms with Crippen LogP contribution in [0.15, 0.2) is 24.3 Å². The zero-order valence-electron chi connectivity index (χ0n) is 10.3. The van der Waals surface area contributed by atoms with Gasteiger partial charge < -0.3 is 4.98 Å². The maximum absolute atomic E-state index is 11.6. The van der Waals surface area contributed by atoms with Gasteiger partial charge in [0.05, 0.1) is 17.3 Å². The first-order valence-corrected chi connectivity index (χ1v) is 7.52. The Morgan fingerprint density at radius 2 is 2.11 bits per heavy atom. The highest BCUT2D eigenvalue weighted by Gasteiger charge is 2.07. The van der Waals surface area contributed by atoms with Gasteiger partial charge in [0.2, 0.25) is 21.9 Å². The number of para-hydroxylation sites is 2. The lowest BCUT2D eigenvalue weighted by Gasteiger charge is -2.02. The van der Waals surface area contributed by atoms with Crippen molar-refractivity contribution in [2.24, 2.45) is 0 Å². The molecule has 0 unspecified atom stereocenters. The minimum Gasteiger partial charge on any atom is -0.324 e. The SMILES string of the molecule is CS(=O)(=O)NCCC(=O)Nc1nc2ccccc2[nH]1. The summed E-state index contributed by atoms with van der Waals surface area (Å²) in [6, 6.07) is 7.39. The predicted octanol–water partition coefficient (Wildman–Crippen LogP) is 0.441. The Morgan fingerprint density at radius 1 is 1.37 bits per heavy atom. The first kappa shape index (κ1) is 13.5. The highest BCUT2D eigenvalue weighted by atomic mass is 32.2. The highest BCUT2D eigenvalue weighted by Crippen LogP contribution is 2.13. The Kier molecular flexibility index (Phi) is 3.82. The van der Waals surface area contributed by atoms with Crippen LogP contribution in [0.1, 0.15) is 6.42 Å². The summed E-state index contributed by atoms with van der Waals surface area (Å²) in [5.41, 5.74) is 1.58. The van der Waals surface area contributed by atoms with Gasteiger partial charge in [-0.2, -0.15) is 0 Å². The highest BCUT2D eigenvalue weighted by molar-refractivity contribution is 7.88. The summed E-state index contributed by atoms with van der Waals surface area (Å²) < 4.78 is 23.9. The minimum absolute atomic E-state index is 0.0457. The molecule has 1 aromatic heterocycles. The van der Waals surface area contributed by atoms with Gasteiger partial charge in [0.1, 0.15) is 0 Å². The van der Waals surface area contributed by atoms with Crippen molar-refractivity contribution in [1.29, 1.82) is 0 Å². The summed E-state index contributed by atoms with van der Waals surface area (Å²) in [4.78, 5) is 18.7. The van der Waals surface area contributed by atoms with Crippen LogP contribution in [0.4, 0.5) is 5.95 Å². The first-order valence-electron chi connectivity index (χ1n) is 5.63. The molecule has 1 heterocycles. The molecule has 2 rings (SSSR count). The van der Waals surface area contributed by atoms with Gasteiger partial charge in [-0.3, -0.25) is 10.1 Å². The summed E-state index contributed by atoms with van der Waals surface area (Å²) in [5.74, 6) is 0.0424. The molecule has 0 aliphatic rings. The second kappa shape index (κ2) is 5.37. The van der Waals surface area contributed by atoms with Crippen molar-refractivity contribution in [2.45, 2.75) is 6.42 Å². The molecule has 0 saturated heterocycles. The van der Waals surface area contributed by atoms with Gasteiger partial charge in [0, 0.05) is 13.0 Å². The Morgan fingerprint density at radius 3 is 2.79 bits per heavy atom. The molecule has 0 spiro atoms. The number of hydrogen-bond donors (Lipinski definition) is 3. The molecule has 7 nitrogen and oxygen atoms in total. The zero-order chi connectivity index (χ0) is 13.9. The van der Waals surface area contributed by atoms with Crippen LogP contribution in [0, 0.1) is 0 Å². The largest absolute Gasteiger partial charge is 0.324 e. The van der Waals surface area contributed by atoms with Crippen LogP contribution in [-0.2, 0) is 14.8 Å². The van der Waals surface area contributed by atoms with Crippen LogP contribution in [0.25, 0.3) is 11.0 Å². The molecule has 3 N–H and O–H groups in total. The zero-order valence-corrected chi connectivity index (χ0v) is 11.1. The van der Waals surface area contributed by atoms with Gasteiger partial charge in [0.15, 0.2) is 0 Å². The van der Waals surface area contributed by atoms with E-state index >= 15 is 0 Å². The number of hydrogen-bond acceptors (Lipinski definition) is 4. The number of carbonyl (C=O) groups excluding carboxylic acids is 1. The van der Waals surface area contributed by atoms with E-state index in [1.54, 1.807) is 0 Å². The van der Waals surface area contributed by atoms with E-state index < -0.39 is 10.0 Å². The van der Waals surface area contributed by atoms with Crippen molar-refractivity contribution >= 4 is 32.9 Å². The molecule has 8 heteroatoms. The molecular weight excluding hydrogens is 268 g/mol. The van der Waals surface area contributed by atoms with E-state index in [0.717, 1.165) is 17.3 Å². The molecule has 2 aromatic rings. The van der Waals surface area contributed by atoms with E-state index in [-0.39, 0.29) is 18.9 Å². The van der Waals surface area contributed by atoms with E-state index in [1.807, 2.05) is 24.3 Å². The fourth-order valence-electron chi connectivity index (χ4n) is 1.56. The maximum Gasteiger partial charge on any atom is 0.227 e. The topological polar surface area (TPSA) is 104 Å². The number of nitrogens with one attached hydrogen (secondary N) is 3. The van der Waals surface area contributed by atoms with E-state index in [9.17, 15) is 13.2 Å². The molecule has 1 aromatic carbocycles. The van der Waals surface area contributed by atoms with Crippen molar-refractivity contribution in [3.8, 4) is 0 Å². The summed E-state index contributed by atoms with van der Waals surface area (Å²) in [7, 11) is -3.27. The molecule has 1 amide bonds. The predicted molar refractivity (Wildman–Crippen MR) is 72.2 cm³/mol. The van der Waals surface area contributed by atoms with Gasteiger partial charge in [-0.15, -0.1) is 0 Å². The molecule has 0 radical (unpaired) electrons.